The summed E-state index contributed by atoms with van der Waals surface area (Å²) in [5.74, 6) is -0.136. The van der Waals surface area contributed by atoms with E-state index in [1.54, 1.807) is 0 Å². The van der Waals surface area contributed by atoms with Crippen LogP contribution in [-0.4, -0.2) is 24.2 Å². The van der Waals surface area contributed by atoms with Crippen molar-refractivity contribution in [3.63, 3.8) is 0 Å². The van der Waals surface area contributed by atoms with E-state index in [9.17, 15) is 10.1 Å². The van der Waals surface area contributed by atoms with Gasteiger partial charge in [-0.2, -0.15) is 5.26 Å². The minimum atomic E-state index is -0.780. The lowest BCUT2D eigenvalue weighted by Crippen LogP contribution is -2.53. The number of nitrogens with zero attached hydrogens (tertiary/aromatic N) is 1. The fourth-order valence-electron chi connectivity index (χ4n) is 3.07. The van der Waals surface area contributed by atoms with Gasteiger partial charge in [0.05, 0.1) is 6.07 Å². The molecule has 4 heteroatoms. The first-order valence-electron chi connectivity index (χ1n) is 7.14. The highest BCUT2D eigenvalue weighted by atomic mass is 16.5. The third kappa shape index (κ3) is 2.41. The smallest absolute Gasteiger partial charge is 0.250 e. The summed E-state index contributed by atoms with van der Waals surface area (Å²) in [5, 5.41) is 12.5. The highest BCUT2D eigenvalue weighted by Crippen LogP contribution is 2.29. The van der Waals surface area contributed by atoms with Crippen molar-refractivity contribution in [1.82, 2.24) is 5.32 Å². The van der Waals surface area contributed by atoms with E-state index in [2.05, 4.69) is 17.5 Å². The van der Waals surface area contributed by atoms with Gasteiger partial charge in [-0.1, -0.05) is 24.3 Å². The normalized spacial score (nSPS) is 28.4. The van der Waals surface area contributed by atoms with Crippen LogP contribution in [0.2, 0.25) is 0 Å². The van der Waals surface area contributed by atoms with Crippen molar-refractivity contribution in [2.45, 2.75) is 43.7 Å². The van der Waals surface area contributed by atoms with Crippen LogP contribution in [0.4, 0.5) is 0 Å². The molecule has 4 nitrogen and oxygen atoms in total. The molecule has 104 valence electrons. The number of nitrogens with one attached hydrogen (secondary N) is 1. The van der Waals surface area contributed by atoms with Crippen LogP contribution in [0.15, 0.2) is 24.3 Å². The number of hydrogen-bond acceptors (Lipinski definition) is 3. The van der Waals surface area contributed by atoms with Crippen LogP contribution < -0.4 is 5.32 Å². The number of aryl methyl sites for hydroxylation is 1. The largest absolute Gasteiger partial charge is 0.368 e. The maximum atomic E-state index is 12.2. The number of amides is 1. The number of rotatable bonds is 2. The van der Waals surface area contributed by atoms with Crippen LogP contribution in [0.25, 0.3) is 0 Å². The lowest BCUT2D eigenvalue weighted by molar-refractivity contribution is -0.131. The summed E-state index contributed by atoms with van der Waals surface area (Å²) >= 11 is 0. The molecule has 1 aliphatic carbocycles. The van der Waals surface area contributed by atoms with Crippen molar-refractivity contribution < 1.29 is 9.53 Å². The van der Waals surface area contributed by atoms with Crippen LogP contribution in [0, 0.1) is 11.3 Å². The minimum absolute atomic E-state index is 0.136. The summed E-state index contributed by atoms with van der Waals surface area (Å²) in [6, 6.07) is 10.5. The number of benzene rings is 1. The highest BCUT2D eigenvalue weighted by Gasteiger charge is 2.38. The van der Waals surface area contributed by atoms with E-state index in [-0.39, 0.29) is 12.0 Å². The van der Waals surface area contributed by atoms with E-state index >= 15 is 0 Å². The van der Waals surface area contributed by atoms with E-state index in [4.69, 9.17) is 4.74 Å². The van der Waals surface area contributed by atoms with Crippen LogP contribution in [0.3, 0.4) is 0 Å². The Morgan fingerprint density at radius 1 is 1.40 bits per heavy atom. The number of nitriles is 1. The molecule has 2 atom stereocenters. The van der Waals surface area contributed by atoms with Gasteiger partial charge >= 0.3 is 0 Å². The first-order chi connectivity index (χ1) is 9.72. The van der Waals surface area contributed by atoms with Crippen LogP contribution in [0.5, 0.6) is 0 Å². The van der Waals surface area contributed by atoms with Gasteiger partial charge in [-0.3, -0.25) is 4.79 Å². The third-order valence-corrected chi connectivity index (χ3v) is 4.23. The van der Waals surface area contributed by atoms with Crippen LogP contribution in [-0.2, 0) is 22.4 Å². The second kappa shape index (κ2) is 5.26. The first kappa shape index (κ1) is 13.1. The Kier molecular flexibility index (Phi) is 3.45. The van der Waals surface area contributed by atoms with E-state index in [1.165, 1.54) is 5.56 Å². The van der Waals surface area contributed by atoms with E-state index in [0.29, 0.717) is 19.4 Å². The third-order valence-electron chi connectivity index (χ3n) is 4.23. The van der Waals surface area contributed by atoms with Gasteiger partial charge in [-0.15, -0.1) is 0 Å². The zero-order valence-electron chi connectivity index (χ0n) is 11.4. The standard InChI is InChI=1S/C16H18N2O2/c17-11-16(18-15(19)14-6-3-9-20-14)8-7-12-4-1-2-5-13(12)10-16/h1-2,4-5,14H,3,6-10H2,(H,18,19). The van der Waals surface area contributed by atoms with Crippen molar-refractivity contribution in [2.24, 2.45) is 0 Å². The van der Waals surface area contributed by atoms with Crippen molar-refractivity contribution in [1.29, 1.82) is 5.26 Å². The lowest BCUT2D eigenvalue weighted by Gasteiger charge is -2.33. The highest BCUT2D eigenvalue weighted by molar-refractivity contribution is 5.82. The molecule has 1 heterocycles. The molecule has 20 heavy (non-hydrogen) atoms. The molecule has 1 fully saturated rings. The fourth-order valence-corrected chi connectivity index (χ4v) is 3.07. The molecule has 2 aliphatic rings. The Hall–Kier alpha value is -1.86. The number of fused-ring (bicyclic) bond motifs is 1. The average Bonchev–Trinajstić information content (AvgIpc) is 3.01. The van der Waals surface area contributed by atoms with Crippen molar-refractivity contribution in [3.05, 3.63) is 35.4 Å². The summed E-state index contributed by atoms with van der Waals surface area (Å²) in [6.45, 7) is 0.639. The molecule has 0 saturated carbocycles. The molecule has 1 aromatic carbocycles. The Morgan fingerprint density at radius 3 is 2.90 bits per heavy atom. The molecule has 1 amide bonds. The van der Waals surface area contributed by atoms with Crippen molar-refractivity contribution in [3.8, 4) is 6.07 Å². The second-order valence-electron chi connectivity index (χ2n) is 5.63. The van der Waals surface area contributed by atoms with Gasteiger partial charge in [0.2, 0.25) is 5.91 Å². The Balaban J connectivity index is 1.76. The Bertz CT molecular complexity index is 558. The Labute approximate surface area is 118 Å². The molecule has 1 saturated heterocycles. The fraction of sp³-hybridized carbons (Fsp3) is 0.500. The molecule has 0 radical (unpaired) electrons. The quantitative estimate of drug-likeness (QED) is 0.890. The summed E-state index contributed by atoms with van der Waals surface area (Å²) in [5.41, 5.74) is 1.66. The zero-order valence-corrected chi connectivity index (χ0v) is 11.4. The van der Waals surface area contributed by atoms with Gasteiger partial charge in [0.1, 0.15) is 11.6 Å². The summed E-state index contributed by atoms with van der Waals surface area (Å²) < 4.78 is 5.39. The zero-order chi connectivity index (χ0) is 14.0. The molecule has 1 aromatic rings. The van der Waals surface area contributed by atoms with E-state index in [1.807, 2.05) is 18.2 Å². The van der Waals surface area contributed by atoms with E-state index in [0.717, 1.165) is 24.8 Å². The summed E-state index contributed by atoms with van der Waals surface area (Å²) in [6.07, 6.45) is 3.37. The van der Waals surface area contributed by atoms with Gasteiger partial charge < -0.3 is 10.1 Å². The predicted molar refractivity (Wildman–Crippen MR) is 73.9 cm³/mol. The number of hydrogen-bond donors (Lipinski definition) is 1. The Morgan fingerprint density at radius 2 is 2.20 bits per heavy atom. The van der Waals surface area contributed by atoms with Crippen LogP contribution in [0.1, 0.15) is 30.4 Å². The number of carbonyl (C=O) groups excluding carboxylic acids is 1. The van der Waals surface area contributed by atoms with Crippen LogP contribution >= 0.6 is 0 Å². The van der Waals surface area contributed by atoms with Gasteiger partial charge in [0.15, 0.2) is 0 Å². The van der Waals surface area contributed by atoms with Gasteiger partial charge in [-0.25, -0.2) is 0 Å². The molecule has 1 aliphatic heterocycles. The SMILES string of the molecule is N#CC1(NC(=O)C2CCCO2)CCc2ccccc2C1. The molecule has 1 N–H and O–H groups in total. The second-order valence-corrected chi connectivity index (χ2v) is 5.63. The molecular formula is C16H18N2O2. The van der Waals surface area contributed by atoms with E-state index < -0.39 is 5.54 Å². The topological polar surface area (TPSA) is 62.1 Å². The number of ether oxygens (including phenoxy) is 1. The average molecular weight is 270 g/mol. The molecular weight excluding hydrogens is 252 g/mol. The van der Waals surface area contributed by atoms with Crippen molar-refractivity contribution >= 4 is 5.91 Å². The number of carbonyl (C=O) groups is 1. The van der Waals surface area contributed by atoms with Crippen molar-refractivity contribution in [2.75, 3.05) is 6.61 Å². The van der Waals surface area contributed by atoms with Gasteiger partial charge in [0, 0.05) is 13.0 Å². The molecule has 0 aromatic heterocycles. The molecule has 0 spiro atoms. The molecule has 3 rings (SSSR count). The lowest BCUT2D eigenvalue weighted by atomic mass is 9.78. The molecule has 2 unspecified atom stereocenters. The maximum absolute atomic E-state index is 12.2. The van der Waals surface area contributed by atoms with Gasteiger partial charge in [0.25, 0.3) is 0 Å². The monoisotopic (exact) mass is 270 g/mol. The summed E-state index contributed by atoms with van der Waals surface area (Å²) in [7, 11) is 0. The first-order valence-corrected chi connectivity index (χ1v) is 7.14. The molecule has 0 bridgehead atoms. The maximum Gasteiger partial charge on any atom is 0.250 e. The minimum Gasteiger partial charge on any atom is -0.368 e. The summed E-state index contributed by atoms with van der Waals surface area (Å²) in [4.78, 5) is 12.2. The van der Waals surface area contributed by atoms with Gasteiger partial charge in [-0.05, 0) is 36.8 Å². The predicted octanol–water partition coefficient (Wildman–Crippen LogP) is 1.73.